The summed E-state index contributed by atoms with van der Waals surface area (Å²) < 4.78 is 27.2. The van der Waals surface area contributed by atoms with E-state index < -0.39 is 10.0 Å². The van der Waals surface area contributed by atoms with Crippen molar-refractivity contribution in [3.63, 3.8) is 0 Å². The first-order valence-electron chi connectivity index (χ1n) is 9.02. The van der Waals surface area contributed by atoms with E-state index in [2.05, 4.69) is 5.32 Å². The van der Waals surface area contributed by atoms with Gasteiger partial charge in [-0.3, -0.25) is 9.10 Å². The lowest BCUT2D eigenvalue weighted by atomic mass is 10.1. The second kappa shape index (κ2) is 7.45. The number of nitrogens with one attached hydrogen (secondary N) is 1. The third-order valence-corrected chi connectivity index (χ3v) is 6.96. The van der Waals surface area contributed by atoms with Gasteiger partial charge in [0.25, 0.3) is 10.0 Å². The zero-order chi connectivity index (χ0) is 19.7. The molecule has 0 aromatic heterocycles. The molecule has 0 unspecified atom stereocenters. The van der Waals surface area contributed by atoms with Gasteiger partial charge in [0.05, 0.1) is 10.6 Å². The second-order valence-corrected chi connectivity index (χ2v) is 8.98. The monoisotopic (exact) mass is 414 g/mol. The summed E-state index contributed by atoms with van der Waals surface area (Å²) in [6, 6.07) is 18.2. The molecule has 28 heavy (non-hydrogen) atoms. The minimum atomic E-state index is -3.57. The molecular weight excluding hydrogens is 396 g/mol. The lowest BCUT2D eigenvalue weighted by Gasteiger charge is -2.18. The van der Waals surface area contributed by atoms with E-state index in [9.17, 15) is 13.2 Å². The Bertz CT molecular complexity index is 1140. The summed E-state index contributed by atoms with van der Waals surface area (Å²) in [6.07, 6.45) is 0.696. The fraction of sp³-hybridized carbons (Fsp3) is 0.190. The van der Waals surface area contributed by atoms with Gasteiger partial charge >= 0.3 is 0 Å². The topological polar surface area (TPSA) is 66.5 Å². The van der Waals surface area contributed by atoms with Gasteiger partial charge in [-0.2, -0.15) is 0 Å². The Labute approximate surface area is 169 Å². The lowest BCUT2D eigenvalue weighted by Crippen LogP contribution is -2.30. The van der Waals surface area contributed by atoms with E-state index in [0.717, 1.165) is 16.3 Å². The Balaban J connectivity index is 1.38. The van der Waals surface area contributed by atoms with Crippen LogP contribution in [0.25, 0.3) is 10.8 Å². The van der Waals surface area contributed by atoms with Crippen LogP contribution < -0.4 is 9.62 Å². The predicted molar refractivity (Wildman–Crippen MR) is 111 cm³/mol. The number of sulfonamides is 1. The number of nitrogens with zero attached hydrogens (tertiary/aromatic N) is 1. The van der Waals surface area contributed by atoms with Gasteiger partial charge in [-0.1, -0.05) is 48.0 Å². The Morgan fingerprint density at radius 1 is 1.00 bits per heavy atom. The molecule has 0 radical (unpaired) electrons. The average Bonchev–Trinajstić information content (AvgIpc) is 2.91. The summed E-state index contributed by atoms with van der Waals surface area (Å²) in [4.78, 5) is 12.5. The zero-order valence-corrected chi connectivity index (χ0v) is 16.6. The molecule has 0 saturated heterocycles. The number of anilines is 1. The van der Waals surface area contributed by atoms with Crippen LogP contribution in [-0.2, 0) is 21.4 Å². The highest BCUT2D eigenvalue weighted by atomic mass is 35.5. The van der Waals surface area contributed by atoms with Gasteiger partial charge in [0.15, 0.2) is 0 Å². The van der Waals surface area contributed by atoms with Gasteiger partial charge in [-0.25, -0.2) is 8.42 Å². The maximum Gasteiger partial charge on any atom is 0.265 e. The molecule has 0 atom stereocenters. The molecule has 0 aliphatic carbocycles. The molecule has 0 fully saturated rings. The van der Waals surface area contributed by atoms with Crippen LogP contribution >= 0.6 is 11.6 Å². The lowest BCUT2D eigenvalue weighted by molar-refractivity contribution is -0.121. The molecule has 1 N–H and O–H groups in total. The van der Waals surface area contributed by atoms with Crippen LogP contribution in [0, 0.1) is 0 Å². The second-order valence-electron chi connectivity index (χ2n) is 6.72. The summed E-state index contributed by atoms with van der Waals surface area (Å²) in [6.45, 7) is 0.688. The quantitative estimate of drug-likeness (QED) is 0.660. The van der Waals surface area contributed by atoms with Crippen LogP contribution in [0.5, 0.6) is 0 Å². The molecule has 144 valence electrons. The van der Waals surface area contributed by atoms with E-state index in [1.165, 1.54) is 4.31 Å². The van der Waals surface area contributed by atoms with Gasteiger partial charge in [0.1, 0.15) is 0 Å². The first-order chi connectivity index (χ1) is 13.5. The number of hydrogen-bond donors (Lipinski definition) is 1. The fourth-order valence-electron chi connectivity index (χ4n) is 3.47. The zero-order valence-electron chi connectivity index (χ0n) is 15.1. The highest BCUT2D eigenvalue weighted by Gasteiger charge is 2.34. The molecule has 5 nitrogen and oxygen atoms in total. The van der Waals surface area contributed by atoms with Crippen molar-refractivity contribution >= 4 is 44.0 Å². The number of rotatable bonds is 6. The molecule has 1 aliphatic rings. The van der Waals surface area contributed by atoms with Crippen LogP contribution in [0.4, 0.5) is 5.69 Å². The molecule has 0 spiro atoms. The normalized spacial score (nSPS) is 14.4. The van der Waals surface area contributed by atoms with E-state index in [1.54, 1.807) is 24.3 Å². The SMILES string of the molecule is O=C(CCCN1c2cccc3cccc(c23)S1(=O)=O)NCc1ccc(Cl)cc1. The van der Waals surface area contributed by atoms with E-state index in [0.29, 0.717) is 28.6 Å². The van der Waals surface area contributed by atoms with E-state index >= 15 is 0 Å². The average molecular weight is 415 g/mol. The first kappa shape index (κ1) is 18.8. The highest BCUT2D eigenvalue weighted by Crippen LogP contribution is 2.41. The Morgan fingerprint density at radius 2 is 1.71 bits per heavy atom. The third kappa shape index (κ3) is 3.45. The van der Waals surface area contributed by atoms with Gasteiger partial charge < -0.3 is 5.32 Å². The third-order valence-electron chi connectivity index (χ3n) is 4.85. The number of amides is 1. The Kier molecular flexibility index (Phi) is 5.00. The van der Waals surface area contributed by atoms with Crippen molar-refractivity contribution in [1.82, 2.24) is 5.32 Å². The van der Waals surface area contributed by atoms with E-state index in [-0.39, 0.29) is 18.9 Å². The van der Waals surface area contributed by atoms with Gasteiger partial charge in [-0.15, -0.1) is 0 Å². The number of hydrogen-bond acceptors (Lipinski definition) is 3. The van der Waals surface area contributed by atoms with Gasteiger partial charge in [0, 0.05) is 29.9 Å². The highest BCUT2D eigenvalue weighted by molar-refractivity contribution is 7.93. The number of carbonyl (C=O) groups excluding carboxylic acids is 1. The molecular formula is C21H19ClN2O3S. The molecule has 3 aromatic rings. The summed E-state index contributed by atoms with van der Waals surface area (Å²) >= 11 is 5.85. The molecule has 0 saturated carbocycles. The predicted octanol–water partition coefficient (Wildman–Crippen LogP) is 4.10. The summed E-state index contributed by atoms with van der Waals surface area (Å²) in [5.41, 5.74) is 1.65. The fourth-order valence-corrected chi connectivity index (χ4v) is 5.35. The van der Waals surface area contributed by atoms with Gasteiger partial charge in [-0.05, 0) is 41.6 Å². The minimum Gasteiger partial charge on any atom is -0.352 e. The summed E-state index contributed by atoms with van der Waals surface area (Å²) in [5, 5.41) is 5.17. The number of halogens is 1. The molecule has 1 aliphatic heterocycles. The Hall–Kier alpha value is -2.57. The molecule has 1 amide bonds. The maximum atomic E-state index is 12.9. The van der Waals surface area contributed by atoms with Crippen molar-refractivity contribution in [3.05, 3.63) is 71.2 Å². The minimum absolute atomic E-state index is 0.109. The van der Waals surface area contributed by atoms with Crippen molar-refractivity contribution in [1.29, 1.82) is 0 Å². The molecule has 0 bridgehead atoms. The van der Waals surface area contributed by atoms with Crippen LogP contribution in [0.15, 0.2) is 65.6 Å². The number of benzene rings is 3. The van der Waals surface area contributed by atoms with E-state index in [4.69, 9.17) is 11.6 Å². The van der Waals surface area contributed by atoms with Crippen LogP contribution in [0.3, 0.4) is 0 Å². The molecule has 3 aromatic carbocycles. The Morgan fingerprint density at radius 3 is 2.46 bits per heavy atom. The van der Waals surface area contributed by atoms with Gasteiger partial charge in [0.2, 0.25) is 5.91 Å². The van der Waals surface area contributed by atoms with E-state index in [1.807, 2.05) is 36.4 Å². The van der Waals surface area contributed by atoms with Crippen molar-refractivity contribution in [2.75, 3.05) is 10.8 Å². The molecule has 7 heteroatoms. The first-order valence-corrected chi connectivity index (χ1v) is 10.8. The van der Waals surface area contributed by atoms with Crippen molar-refractivity contribution < 1.29 is 13.2 Å². The van der Waals surface area contributed by atoms with Crippen molar-refractivity contribution in [2.24, 2.45) is 0 Å². The molecule has 1 heterocycles. The van der Waals surface area contributed by atoms with Crippen LogP contribution in [0.2, 0.25) is 5.02 Å². The maximum absolute atomic E-state index is 12.9. The van der Waals surface area contributed by atoms with Crippen LogP contribution in [0.1, 0.15) is 18.4 Å². The summed E-state index contributed by atoms with van der Waals surface area (Å²) in [5.74, 6) is -0.109. The largest absolute Gasteiger partial charge is 0.352 e. The standard InChI is InChI=1S/C21H19ClN2O3S/c22-17-11-9-15(10-12-17)14-23-20(25)8-3-13-24-18-6-1-4-16-5-2-7-19(21(16)18)28(24,26)27/h1-2,4-7,9-12H,3,8,13-14H2,(H,23,25). The number of carbonyl (C=O) groups is 1. The van der Waals surface area contributed by atoms with Crippen molar-refractivity contribution in [3.8, 4) is 0 Å². The van der Waals surface area contributed by atoms with Crippen molar-refractivity contribution in [2.45, 2.75) is 24.3 Å². The summed E-state index contributed by atoms with van der Waals surface area (Å²) in [7, 11) is -3.57. The smallest absolute Gasteiger partial charge is 0.265 e. The van der Waals surface area contributed by atoms with Crippen LogP contribution in [-0.4, -0.2) is 20.9 Å². The molecule has 4 rings (SSSR count).